The SMILES string of the molecule is CC(C)(C)C(=O)Nc1c(F)cc(F)cc1Oc1ccccc1. The van der Waals surface area contributed by atoms with Gasteiger partial charge in [0.1, 0.15) is 17.3 Å². The van der Waals surface area contributed by atoms with Gasteiger partial charge in [0, 0.05) is 17.5 Å². The minimum Gasteiger partial charge on any atom is -0.455 e. The molecule has 2 aromatic rings. The molecule has 0 unspecified atom stereocenters. The Bertz CT molecular complexity index is 679. The van der Waals surface area contributed by atoms with E-state index in [4.69, 9.17) is 4.74 Å². The summed E-state index contributed by atoms with van der Waals surface area (Å²) >= 11 is 0. The fourth-order valence-electron chi connectivity index (χ4n) is 1.67. The summed E-state index contributed by atoms with van der Waals surface area (Å²) in [4.78, 5) is 12.0. The summed E-state index contributed by atoms with van der Waals surface area (Å²) < 4.78 is 33.0. The van der Waals surface area contributed by atoms with Crippen molar-refractivity contribution in [3.05, 3.63) is 54.1 Å². The second kappa shape index (κ2) is 6.13. The zero-order valence-electron chi connectivity index (χ0n) is 12.6. The summed E-state index contributed by atoms with van der Waals surface area (Å²) in [7, 11) is 0. The number of carbonyl (C=O) groups is 1. The van der Waals surface area contributed by atoms with Gasteiger partial charge in [0.25, 0.3) is 0 Å². The number of anilines is 1. The van der Waals surface area contributed by atoms with E-state index in [1.165, 1.54) is 0 Å². The summed E-state index contributed by atoms with van der Waals surface area (Å²) in [5, 5.41) is 2.46. The maximum atomic E-state index is 14.0. The third-order valence-electron chi connectivity index (χ3n) is 2.91. The number of carbonyl (C=O) groups excluding carboxylic acids is 1. The normalized spacial score (nSPS) is 11.1. The maximum absolute atomic E-state index is 14.0. The lowest BCUT2D eigenvalue weighted by Crippen LogP contribution is -2.28. The minimum atomic E-state index is -0.886. The Labute approximate surface area is 127 Å². The Morgan fingerprint density at radius 3 is 2.32 bits per heavy atom. The summed E-state index contributed by atoms with van der Waals surface area (Å²) in [6, 6.07) is 10.3. The number of para-hydroxylation sites is 1. The molecule has 0 fully saturated rings. The van der Waals surface area contributed by atoms with E-state index < -0.39 is 23.0 Å². The zero-order valence-corrected chi connectivity index (χ0v) is 12.6. The molecule has 116 valence electrons. The van der Waals surface area contributed by atoms with Crippen LogP contribution in [0.25, 0.3) is 0 Å². The maximum Gasteiger partial charge on any atom is 0.229 e. The van der Waals surface area contributed by atoms with E-state index in [0.29, 0.717) is 11.8 Å². The molecule has 0 heterocycles. The summed E-state index contributed by atoms with van der Waals surface area (Å²) in [5.74, 6) is -1.73. The lowest BCUT2D eigenvalue weighted by Gasteiger charge is -2.20. The van der Waals surface area contributed by atoms with E-state index in [2.05, 4.69) is 5.32 Å². The Hall–Kier alpha value is -2.43. The molecule has 1 N–H and O–H groups in total. The first-order valence-corrected chi connectivity index (χ1v) is 6.81. The van der Waals surface area contributed by atoms with Gasteiger partial charge < -0.3 is 10.1 Å². The van der Waals surface area contributed by atoms with Crippen LogP contribution in [0.15, 0.2) is 42.5 Å². The number of rotatable bonds is 3. The standard InChI is InChI=1S/C17H17F2NO2/c1-17(2,3)16(21)20-15-13(19)9-11(18)10-14(15)22-12-7-5-4-6-8-12/h4-10H,1-3H3,(H,20,21). The Balaban J connectivity index is 2.38. The fourth-order valence-corrected chi connectivity index (χ4v) is 1.67. The van der Waals surface area contributed by atoms with Gasteiger partial charge in [-0.2, -0.15) is 0 Å². The van der Waals surface area contributed by atoms with Gasteiger partial charge in [0.05, 0.1) is 0 Å². The van der Waals surface area contributed by atoms with Crippen LogP contribution in [-0.2, 0) is 4.79 Å². The molecule has 0 spiro atoms. The Kier molecular flexibility index (Phi) is 4.45. The van der Waals surface area contributed by atoms with Crippen LogP contribution < -0.4 is 10.1 Å². The summed E-state index contributed by atoms with van der Waals surface area (Å²) in [6.45, 7) is 5.09. The molecule has 2 aromatic carbocycles. The van der Waals surface area contributed by atoms with Crippen molar-refractivity contribution in [2.75, 3.05) is 5.32 Å². The van der Waals surface area contributed by atoms with Crippen molar-refractivity contribution in [1.29, 1.82) is 0 Å². The van der Waals surface area contributed by atoms with Crippen LogP contribution >= 0.6 is 0 Å². The number of ether oxygens (including phenoxy) is 1. The molecule has 22 heavy (non-hydrogen) atoms. The quantitative estimate of drug-likeness (QED) is 0.889. The lowest BCUT2D eigenvalue weighted by molar-refractivity contribution is -0.123. The smallest absolute Gasteiger partial charge is 0.229 e. The highest BCUT2D eigenvalue weighted by molar-refractivity contribution is 5.96. The van der Waals surface area contributed by atoms with Gasteiger partial charge in [-0.05, 0) is 12.1 Å². The number of benzene rings is 2. The highest BCUT2D eigenvalue weighted by Crippen LogP contribution is 2.34. The zero-order chi connectivity index (χ0) is 16.3. The van der Waals surface area contributed by atoms with Crippen LogP contribution in [-0.4, -0.2) is 5.91 Å². The van der Waals surface area contributed by atoms with Gasteiger partial charge in [-0.25, -0.2) is 8.78 Å². The van der Waals surface area contributed by atoms with E-state index >= 15 is 0 Å². The predicted molar refractivity (Wildman–Crippen MR) is 81.0 cm³/mol. The van der Waals surface area contributed by atoms with Crippen molar-refractivity contribution >= 4 is 11.6 Å². The molecule has 0 aromatic heterocycles. The van der Waals surface area contributed by atoms with Gasteiger partial charge in [-0.1, -0.05) is 39.0 Å². The highest BCUT2D eigenvalue weighted by atomic mass is 19.1. The molecule has 0 saturated carbocycles. The first-order valence-electron chi connectivity index (χ1n) is 6.81. The van der Waals surface area contributed by atoms with Gasteiger partial charge >= 0.3 is 0 Å². The molecule has 0 aliphatic heterocycles. The van der Waals surface area contributed by atoms with E-state index in [0.717, 1.165) is 6.07 Å². The molecule has 0 aliphatic carbocycles. The molecule has 3 nitrogen and oxygen atoms in total. The summed E-state index contributed by atoms with van der Waals surface area (Å²) in [6.07, 6.45) is 0. The van der Waals surface area contributed by atoms with Crippen molar-refractivity contribution < 1.29 is 18.3 Å². The molecular weight excluding hydrogens is 288 g/mol. The van der Waals surface area contributed by atoms with E-state index in [-0.39, 0.29) is 11.4 Å². The number of halogens is 2. The van der Waals surface area contributed by atoms with Crippen LogP contribution in [0.5, 0.6) is 11.5 Å². The molecule has 0 aliphatic rings. The van der Waals surface area contributed by atoms with Crippen LogP contribution in [0.1, 0.15) is 20.8 Å². The topological polar surface area (TPSA) is 38.3 Å². The fraction of sp³-hybridized carbons (Fsp3) is 0.235. The molecule has 0 bridgehead atoms. The number of hydrogen-bond donors (Lipinski definition) is 1. The van der Waals surface area contributed by atoms with E-state index in [9.17, 15) is 13.6 Å². The van der Waals surface area contributed by atoms with Crippen molar-refractivity contribution in [1.82, 2.24) is 0 Å². The van der Waals surface area contributed by atoms with E-state index in [1.54, 1.807) is 51.1 Å². The van der Waals surface area contributed by atoms with Crippen molar-refractivity contribution in [3.63, 3.8) is 0 Å². The first-order chi connectivity index (χ1) is 10.3. The second-order valence-electron chi connectivity index (χ2n) is 5.88. The van der Waals surface area contributed by atoms with Crippen LogP contribution in [0.2, 0.25) is 0 Å². The molecule has 1 amide bonds. The van der Waals surface area contributed by atoms with Gasteiger partial charge in [-0.3, -0.25) is 4.79 Å². The highest BCUT2D eigenvalue weighted by Gasteiger charge is 2.24. The summed E-state index contributed by atoms with van der Waals surface area (Å²) in [5.41, 5.74) is -0.893. The van der Waals surface area contributed by atoms with Gasteiger partial charge in [0.15, 0.2) is 11.6 Å². The molecular formula is C17H17F2NO2. The van der Waals surface area contributed by atoms with Crippen molar-refractivity contribution in [3.8, 4) is 11.5 Å². The predicted octanol–water partition coefficient (Wildman–Crippen LogP) is 4.74. The van der Waals surface area contributed by atoms with Crippen LogP contribution in [0, 0.1) is 17.0 Å². The molecule has 0 radical (unpaired) electrons. The van der Waals surface area contributed by atoms with Gasteiger partial charge in [-0.15, -0.1) is 0 Å². The third kappa shape index (κ3) is 3.81. The van der Waals surface area contributed by atoms with Crippen molar-refractivity contribution in [2.24, 2.45) is 5.41 Å². The Morgan fingerprint density at radius 2 is 1.73 bits per heavy atom. The van der Waals surface area contributed by atoms with Gasteiger partial charge in [0.2, 0.25) is 5.91 Å². The Morgan fingerprint density at radius 1 is 1.09 bits per heavy atom. The van der Waals surface area contributed by atoms with Crippen LogP contribution in [0.4, 0.5) is 14.5 Å². The first kappa shape index (κ1) is 15.9. The van der Waals surface area contributed by atoms with Crippen molar-refractivity contribution in [2.45, 2.75) is 20.8 Å². The second-order valence-corrected chi connectivity index (χ2v) is 5.88. The number of nitrogens with one attached hydrogen (secondary N) is 1. The molecule has 0 atom stereocenters. The average molecular weight is 305 g/mol. The van der Waals surface area contributed by atoms with Crippen LogP contribution in [0.3, 0.4) is 0 Å². The average Bonchev–Trinajstić information content (AvgIpc) is 2.42. The minimum absolute atomic E-state index is 0.0821. The monoisotopic (exact) mass is 305 g/mol. The lowest BCUT2D eigenvalue weighted by atomic mass is 9.95. The molecule has 5 heteroatoms. The van der Waals surface area contributed by atoms with E-state index in [1.807, 2.05) is 0 Å². The number of amides is 1. The number of hydrogen-bond acceptors (Lipinski definition) is 2. The molecule has 0 saturated heterocycles. The molecule has 2 rings (SSSR count). The third-order valence-corrected chi connectivity index (χ3v) is 2.91. The largest absolute Gasteiger partial charge is 0.455 e.